The van der Waals surface area contributed by atoms with Crippen LogP contribution < -0.4 is 0 Å². The van der Waals surface area contributed by atoms with Gasteiger partial charge in [-0.3, -0.25) is 4.79 Å². The van der Waals surface area contributed by atoms with E-state index in [4.69, 9.17) is 4.98 Å². The van der Waals surface area contributed by atoms with Crippen molar-refractivity contribution in [2.45, 2.75) is 42.8 Å². The van der Waals surface area contributed by atoms with E-state index in [0.29, 0.717) is 0 Å². The van der Waals surface area contributed by atoms with Gasteiger partial charge < -0.3 is 9.88 Å². The van der Waals surface area contributed by atoms with E-state index in [9.17, 15) is 4.79 Å². The molecule has 1 saturated heterocycles. The minimum absolute atomic E-state index is 0.0792. The smallest absolute Gasteiger partial charge is 0.235 e. The summed E-state index contributed by atoms with van der Waals surface area (Å²) in [7, 11) is 0. The second kappa shape index (κ2) is 7.77. The topological polar surface area (TPSA) is 49.0 Å². The van der Waals surface area contributed by atoms with Crippen LogP contribution in [0.25, 0.3) is 11.0 Å². The van der Waals surface area contributed by atoms with E-state index >= 15 is 0 Å². The molecule has 1 aromatic heterocycles. The average Bonchev–Trinajstić information content (AvgIpc) is 3.11. The van der Waals surface area contributed by atoms with Crippen LogP contribution in [-0.2, 0) is 4.79 Å². The van der Waals surface area contributed by atoms with Crippen molar-refractivity contribution < 1.29 is 4.79 Å². The summed E-state index contributed by atoms with van der Waals surface area (Å²) in [6.07, 6.45) is 2.10. The minimum atomic E-state index is -0.0792. The fraction of sp³-hybridized carbons (Fsp3) is 0.364. The van der Waals surface area contributed by atoms with Gasteiger partial charge in [-0.1, -0.05) is 24.3 Å². The molecule has 1 fully saturated rings. The number of thioether (sulfide) groups is 1. The summed E-state index contributed by atoms with van der Waals surface area (Å²) in [5.74, 6) is 1.52. The molecule has 1 amide bonds. The van der Waals surface area contributed by atoms with Crippen LogP contribution in [0.5, 0.6) is 0 Å². The van der Waals surface area contributed by atoms with Crippen molar-refractivity contribution in [2.24, 2.45) is 0 Å². The molecule has 0 unspecified atom stereocenters. The van der Waals surface area contributed by atoms with Gasteiger partial charge in [-0.2, -0.15) is 0 Å². The Bertz CT molecular complexity index is 937. The Morgan fingerprint density at radius 3 is 2.89 bits per heavy atom. The second-order valence-corrected chi connectivity index (χ2v) is 8.75. The molecule has 4 nitrogen and oxygen atoms in total. The van der Waals surface area contributed by atoms with Gasteiger partial charge in [0.25, 0.3) is 0 Å². The number of hydrogen-bond acceptors (Lipinski definition) is 3. The summed E-state index contributed by atoms with van der Waals surface area (Å²) < 4.78 is 0. The lowest BCUT2D eigenvalue weighted by molar-refractivity contribution is -0.131. The van der Waals surface area contributed by atoms with Gasteiger partial charge in [0.1, 0.15) is 5.82 Å². The highest BCUT2D eigenvalue weighted by Crippen LogP contribution is 2.30. The molecule has 2 aromatic carbocycles. The number of imidazole rings is 1. The summed E-state index contributed by atoms with van der Waals surface area (Å²) in [6.45, 7) is 5.69. The highest BCUT2D eigenvalue weighted by atomic mass is 32.2. The number of aryl methyl sites for hydroxylation is 1. The first-order chi connectivity index (χ1) is 13.1. The molecule has 5 heteroatoms. The SMILES string of the molecule is Cc1ccc2nc([C@H]3CCCN(C(=O)[C@@H](C)Sc4ccccc4)C3)[nH]c2c1. The summed E-state index contributed by atoms with van der Waals surface area (Å²) >= 11 is 1.63. The van der Waals surface area contributed by atoms with Crippen LogP contribution in [0.15, 0.2) is 53.4 Å². The number of carbonyl (C=O) groups is 1. The van der Waals surface area contributed by atoms with Crippen LogP contribution in [0.3, 0.4) is 0 Å². The van der Waals surface area contributed by atoms with E-state index in [1.165, 1.54) is 5.56 Å². The predicted octanol–water partition coefficient (Wildman–Crippen LogP) is 4.76. The minimum Gasteiger partial charge on any atom is -0.342 e. The Morgan fingerprint density at radius 1 is 1.26 bits per heavy atom. The molecule has 1 N–H and O–H groups in total. The van der Waals surface area contributed by atoms with Gasteiger partial charge in [0.2, 0.25) is 5.91 Å². The maximum atomic E-state index is 13.0. The van der Waals surface area contributed by atoms with Crippen LogP contribution in [0.4, 0.5) is 0 Å². The summed E-state index contributed by atoms with van der Waals surface area (Å²) in [4.78, 5) is 24.4. The third kappa shape index (κ3) is 4.03. The molecule has 0 bridgehead atoms. The van der Waals surface area contributed by atoms with Gasteiger partial charge in [-0.15, -0.1) is 11.8 Å². The van der Waals surface area contributed by atoms with Crippen molar-refractivity contribution in [3.05, 3.63) is 59.9 Å². The molecular weight excluding hydrogens is 354 g/mol. The van der Waals surface area contributed by atoms with Crippen molar-refractivity contribution >= 4 is 28.7 Å². The van der Waals surface area contributed by atoms with Gasteiger partial charge in [0, 0.05) is 23.9 Å². The fourth-order valence-electron chi connectivity index (χ4n) is 3.75. The number of carbonyl (C=O) groups excluding carboxylic acids is 1. The standard InChI is InChI=1S/C22H25N3OS/c1-15-10-11-19-20(13-15)24-21(23-19)17-7-6-12-25(14-17)22(26)16(2)27-18-8-4-3-5-9-18/h3-5,8-11,13,16-17H,6-7,12,14H2,1-2H3,(H,23,24)/t16-,17+/m1/s1. The Hall–Kier alpha value is -2.27. The number of amides is 1. The fourth-order valence-corrected chi connectivity index (χ4v) is 4.72. The van der Waals surface area contributed by atoms with E-state index in [2.05, 4.69) is 42.2 Å². The highest BCUT2D eigenvalue weighted by molar-refractivity contribution is 8.00. The molecule has 4 rings (SSSR count). The first-order valence-corrected chi connectivity index (χ1v) is 10.4. The van der Waals surface area contributed by atoms with Crippen molar-refractivity contribution in [3.8, 4) is 0 Å². The van der Waals surface area contributed by atoms with E-state index in [1.54, 1.807) is 11.8 Å². The van der Waals surface area contributed by atoms with Crippen molar-refractivity contribution in [2.75, 3.05) is 13.1 Å². The summed E-state index contributed by atoms with van der Waals surface area (Å²) in [5, 5.41) is -0.0792. The van der Waals surface area contributed by atoms with Gasteiger partial charge in [-0.05, 0) is 56.5 Å². The van der Waals surface area contributed by atoms with Crippen molar-refractivity contribution in [3.63, 3.8) is 0 Å². The predicted molar refractivity (Wildman–Crippen MR) is 111 cm³/mol. The molecule has 0 radical (unpaired) electrons. The summed E-state index contributed by atoms with van der Waals surface area (Å²) in [5.41, 5.74) is 3.32. The largest absolute Gasteiger partial charge is 0.342 e. The number of aromatic nitrogens is 2. The molecule has 2 atom stereocenters. The van der Waals surface area contributed by atoms with E-state index < -0.39 is 0 Å². The third-order valence-corrected chi connectivity index (χ3v) is 6.28. The Kier molecular flexibility index (Phi) is 5.21. The number of likely N-dealkylation sites (tertiary alicyclic amines) is 1. The second-order valence-electron chi connectivity index (χ2n) is 7.34. The molecule has 3 aromatic rings. The van der Waals surface area contributed by atoms with Gasteiger partial charge in [-0.25, -0.2) is 4.98 Å². The number of hydrogen-bond donors (Lipinski definition) is 1. The molecule has 0 saturated carbocycles. The van der Waals surface area contributed by atoms with Crippen LogP contribution in [0.1, 0.15) is 37.1 Å². The molecule has 2 heterocycles. The van der Waals surface area contributed by atoms with Crippen molar-refractivity contribution in [1.82, 2.24) is 14.9 Å². The number of piperidine rings is 1. The van der Waals surface area contributed by atoms with E-state index in [0.717, 1.165) is 47.7 Å². The van der Waals surface area contributed by atoms with Gasteiger partial charge >= 0.3 is 0 Å². The number of rotatable bonds is 4. The maximum Gasteiger partial charge on any atom is 0.235 e. The van der Waals surface area contributed by atoms with Crippen molar-refractivity contribution in [1.29, 1.82) is 0 Å². The lowest BCUT2D eigenvalue weighted by Gasteiger charge is -2.33. The molecule has 0 aliphatic carbocycles. The number of H-pyrrole nitrogens is 1. The quantitative estimate of drug-likeness (QED) is 0.665. The lowest BCUT2D eigenvalue weighted by atomic mass is 9.97. The lowest BCUT2D eigenvalue weighted by Crippen LogP contribution is -2.42. The summed E-state index contributed by atoms with van der Waals surface area (Å²) in [6, 6.07) is 16.4. The molecule has 27 heavy (non-hydrogen) atoms. The van der Waals surface area contributed by atoms with E-state index in [-0.39, 0.29) is 17.1 Å². The maximum absolute atomic E-state index is 13.0. The number of nitrogens with zero attached hydrogens (tertiary/aromatic N) is 2. The van der Waals surface area contributed by atoms with Gasteiger partial charge in [0.05, 0.1) is 16.3 Å². The van der Waals surface area contributed by atoms with Gasteiger partial charge in [0.15, 0.2) is 0 Å². The van der Waals surface area contributed by atoms with Crippen LogP contribution in [-0.4, -0.2) is 39.1 Å². The zero-order chi connectivity index (χ0) is 18.8. The number of benzene rings is 2. The zero-order valence-electron chi connectivity index (χ0n) is 15.8. The van der Waals surface area contributed by atoms with Crippen LogP contribution >= 0.6 is 11.8 Å². The molecule has 1 aliphatic heterocycles. The first-order valence-electron chi connectivity index (χ1n) is 9.57. The first kappa shape index (κ1) is 18.1. The molecule has 140 valence electrons. The Morgan fingerprint density at radius 2 is 2.07 bits per heavy atom. The number of aromatic amines is 1. The molecule has 0 spiro atoms. The van der Waals surface area contributed by atoms with Crippen LogP contribution in [0, 0.1) is 6.92 Å². The normalized spacial score (nSPS) is 18.6. The van der Waals surface area contributed by atoms with Crippen LogP contribution in [0.2, 0.25) is 0 Å². The Balaban J connectivity index is 1.45. The monoisotopic (exact) mass is 379 g/mol. The Labute approximate surface area is 164 Å². The molecular formula is C22H25N3OS. The number of fused-ring (bicyclic) bond motifs is 1. The number of nitrogens with one attached hydrogen (secondary N) is 1. The zero-order valence-corrected chi connectivity index (χ0v) is 16.6. The average molecular weight is 380 g/mol. The third-order valence-electron chi connectivity index (χ3n) is 5.18. The highest BCUT2D eigenvalue weighted by Gasteiger charge is 2.29. The molecule has 1 aliphatic rings. The van der Waals surface area contributed by atoms with E-state index in [1.807, 2.05) is 30.0 Å².